The van der Waals surface area contributed by atoms with Crippen molar-refractivity contribution in [2.75, 3.05) is 13.7 Å². The van der Waals surface area contributed by atoms with Gasteiger partial charge in [-0.1, -0.05) is 25.1 Å². The molecule has 0 aliphatic carbocycles. The number of ether oxygens (including phenoxy) is 1. The van der Waals surface area contributed by atoms with E-state index in [0.717, 1.165) is 24.3 Å². The van der Waals surface area contributed by atoms with Crippen LogP contribution in [0.3, 0.4) is 0 Å². The van der Waals surface area contributed by atoms with E-state index < -0.39 is 0 Å². The highest BCUT2D eigenvalue weighted by Crippen LogP contribution is 2.17. The third-order valence-corrected chi connectivity index (χ3v) is 2.10. The van der Waals surface area contributed by atoms with Crippen LogP contribution < -0.4 is 10.5 Å². The molecule has 1 aromatic carbocycles. The van der Waals surface area contributed by atoms with Crippen LogP contribution >= 0.6 is 0 Å². The van der Waals surface area contributed by atoms with Crippen molar-refractivity contribution in [1.29, 1.82) is 0 Å². The molecule has 3 nitrogen and oxygen atoms in total. The first-order valence-corrected chi connectivity index (χ1v) is 5.18. The number of rotatable bonds is 5. The summed E-state index contributed by atoms with van der Waals surface area (Å²) in [7, 11) is 1.66. The maximum Gasteiger partial charge on any atom is 0.122 e. The van der Waals surface area contributed by atoms with Gasteiger partial charge in [-0.05, 0) is 12.5 Å². The highest BCUT2D eigenvalue weighted by molar-refractivity contribution is 5.83. The summed E-state index contributed by atoms with van der Waals surface area (Å²) in [6, 6.07) is 7.86. The zero-order valence-electron chi connectivity index (χ0n) is 9.36. The first kappa shape index (κ1) is 11.6. The number of benzene rings is 1. The Labute approximate surface area is 91.0 Å². The van der Waals surface area contributed by atoms with Crippen LogP contribution in [0.2, 0.25) is 0 Å². The summed E-state index contributed by atoms with van der Waals surface area (Å²) in [5.41, 5.74) is 6.89. The molecule has 1 rings (SSSR count). The summed E-state index contributed by atoms with van der Waals surface area (Å²) in [4.78, 5) is 4.25. The number of para-hydroxylation sites is 1. The Morgan fingerprint density at radius 2 is 2.13 bits per heavy atom. The summed E-state index contributed by atoms with van der Waals surface area (Å²) >= 11 is 0. The fraction of sp³-hybridized carbons (Fsp3) is 0.417. The number of hydrogen-bond donors (Lipinski definition) is 1. The van der Waals surface area contributed by atoms with Crippen molar-refractivity contribution in [1.82, 2.24) is 0 Å². The number of amidine groups is 1. The van der Waals surface area contributed by atoms with Crippen molar-refractivity contribution >= 4 is 5.84 Å². The van der Waals surface area contributed by atoms with Gasteiger partial charge in [0.05, 0.1) is 12.9 Å². The quantitative estimate of drug-likeness (QED) is 0.591. The lowest BCUT2D eigenvalue weighted by atomic mass is 10.1. The topological polar surface area (TPSA) is 47.6 Å². The van der Waals surface area contributed by atoms with Crippen molar-refractivity contribution in [3.8, 4) is 5.75 Å². The van der Waals surface area contributed by atoms with Crippen LogP contribution in [0.1, 0.15) is 18.9 Å². The van der Waals surface area contributed by atoms with Crippen LogP contribution in [-0.4, -0.2) is 19.5 Å². The largest absolute Gasteiger partial charge is 0.496 e. The predicted octanol–water partition coefficient (Wildman–Crippen LogP) is 2.00. The molecular weight excluding hydrogens is 188 g/mol. The molecule has 0 aromatic heterocycles. The smallest absolute Gasteiger partial charge is 0.122 e. The second-order valence-electron chi connectivity index (χ2n) is 3.36. The van der Waals surface area contributed by atoms with Crippen LogP contribution in [0.4, 0.5) is 0 Å². The number of hydrogen-bond acceptors (Lipinski definition) is 2. The molecule has 0 spiro atoms. The van der Waals surface area contributed by atoms with Gasteiger partial charge in [0.1, 0.15) is 5.75 Å². The first-order valence-electron chi connectivity index (χ1n) is 5.18. The second kappa shape index (κ2) is 6.06. The van der Waals surface area contributed by atoms with E-state index in [0.29, 0.717) is 12.3 Å². The van der Waals surface area contributed by atoms with Crippen LogP contribution in [0.25, 0.3) is 0 Å². The summed E-state index contributed by atoms with van der Waals surface area (Å²) in [5, 5.41) is 0. The summed E-state index contributed by atoms with van der Waals surface area (Å²) in [6.45, 7) is 2.88. The van der Waals surface area contributed by atoms with Crippen molar-refractivity contribution in [3.05, 3.63) is 29.8 Å². The average molecular weight is 206 g/mol. The lowest BCUT2D eigenvalue weighted by molar-refractivity contribution is 0.411. The summed E-state index contributed by atoms with van der Waals surface area (Å²) in [6.07, 6.45) is 1.68. The van der Waals surface area contributed by atoms with Crippen LogP contribution in [0, 0.1) is 0 Å². The molecule has 0 heterocycles. The van der Waals surface area contributed by atoms with E-state index in [1.807, 2.05) is 24.3 Å². The van der Waals surface area contributed by atoms with Gasteiger partial charge in [0.25, 0.3) is 0 Å². The van der Waals surface area contributed by atoms with E-state index in [4.69, 9.17) is 10.5 Å². The molecule has 2 N–H and O–H groups in total. The number of nitrogens with zero attached hydrogens (tertiary/aromatic N) is 1. The van der Waals surface area contributed by atoms with Crippen molar-refractivity contribution in [3.63, 3.8) is 0 Å². The molecule has 82 valence electrons. The molecule has 0 radical (unpaired) electrons. The van der Waals surface area contributed by atoms with Gasteiger partial charge in [-0.3, -0.25) is 4.99 Å². The predicted molar refractivity (Wildman–Crippen MR) is 63.5 cm³/mol. The maximum atomic E-state index is 5.81. The molecular formula is C12H18N2O. The minimum absolute atomic E-state index is 0.657. The highest BCUT2D eigenvalue weighted by Gasteiger charge is 2.02. The molecule has 1 aromatic rings. The number of aliphatic imine (C=N–C) groups is 1. The Bertz CT molecular complexity index is 334. The number of nitrogens with two attached hydrogens (primary N) is 1. The molecule has 0 unspecified atom stereocenters. The zero-order chi connectivity index (χ0) is 11.1. The van der Waals surface area contributed by atoms with Gasteiger partial charge in [-0.25, -0.2) is 0 Å². The molecule has 0 aliphatic heterocycles. The Morgan fingerprint density at radius 1 is 1.40 bits per heavy atom. The lowest BCUT2D eigenvalue weighted by Gasteiger charge is -2.07. The Balaban J connectivity index is 2.71. The zero-order valence-corrected chi connectivity index (χ0v) is 9.36. The molecule has 0 saturated heterocycles. The standard InChI is InChI=1S/C12H18N2O/c1-3-8-14-12(13)9-10-6-4-5-7-11(10)15-2/h4-7H,3,8-9H2,1-2H3,(H2,13,14). The molecule has 0 fully saturated rings. The van der Waals surface area contributed by atoms with Gasteiger partial charge in [-0.15, -0.1) is 0 Å². The molecule has 0 aliphatic rings. The molecule has 0 bridgehead atoms. The van der Waals surface area contributed by atoms with E-state index in [2.05, 4.69) is 11.9 Å². The van der Waals surface area contributed by atoms with E-state index in [1.165, 1.54) is 0 Å². The third-order valence-electron chi connectivity index (χ3n) is 2.10. The first-order chi connectivity index (χ1) is 7.27. The van der Waals surface area contributed by atoms with E-state index in [-0.39, 0.29) is 0 Å². The maximum absolute atomic E-state index is 5.81. The minimum Gasteiger partial charge on any atom is -0.496 e. The summed E-state index contributed by atoms with van der Waals surface area (Å²) in [5.74, 6) is 1.54. The molecule has 0 saturated carbocycles. The minimum atomic E-state index is 0.657. The normalized spacial score (nSPS) is 11.5. The fourth-order valence-corrected chi connectivity index (χ4v) is 1.36. The van der Waals surface area contributed by atoms with E-state index in [1.54, 1.807) is 7.11 Å². The van der Waals surface area contributed by atoms with E-state index in [9.17, 15) is 0 Å². The van der Waals surface area contributed by atoms with Crippen LogP contribution in [0.15, 0.2) is 29.3 Å². The van der Waals surface area contributed by atoms with Gasteiger partial charge in [-0.2, -0.15) is 0 Å². The SMILES string of the molecule is CCCN=C(N)Cc1ccccc1OC. The molecule has 15 heavy (non-hydrogen) atoms. The van der Waals surface area contributed by atoms with Crippen molar-refractivity contribution in [2.45, 2.75) is 19.8 Å². The van der Waals surface area contributed by atoms with Gasteiger partial charge in [0.15, 0.2) is 0 Å². The number of methoxy groups -OCH3 is 1. The van der Waals surface area contributed by atoms with Crippen molar-refractivity contribution in [2.24, 2.45) is 10.7 Å². The molecule has 0 atom stereocenters. The Morgan fingerprint density at radius 3 is 2.80 bits per heavy atom. The van der Waals surface area contributed by atoms with Gasteiger partial charge >= 0.3 is 0 Å². The van der Waals surface area contributed by atoms with Gasteiger partial charge < -0.3 is 10.5 Å². The van der Waals surface area contributed by atoms with Crippen LogP contribution in [0.5, 0.6) is 5.75 Å². The fourth-order valence-electron chi connectivity index (χ4n) is 1.36. The Hall–Kier alpha value is -1.51. The van der Waals surface area contributed by atoms with Gasteiger partial charge in [0, 0.05) is 18.5 Å². The molecule has 3 heteroatoms. The van der Waals surface area contributed by atoms with E-state index >= 15 is 0 Å². The lowest BCUT2D eigenvalue weighted by Crippen LogP contribution is -2.16. The average Bonchev–Trinajstić information content (AvgIpc) is 2.27. The summed E-state index contributed by atoms with van der Waals surface area (Å²) < 4.78 is 5.24. The Kier molecular flexibility index (Phi) is 4.68. The van der Waals surface area contributed by atoms with Crippen LogP contribution in [-0.2, 0) is 6.42 Å². The second-order valence-corrected chi connectivity index (χ2v) is 3.36. The highest BCUT2D eigenvalue weighted by atomic mass is 16.5. The monoisotopic (exact) mass is 206 g/mol. The van der Waals surface area contributed by atoms with Crippen molar-refractivity contribution < 1.29 is 4.74 Å². The van der Waals surface area contributed by atoms with Gasteiger partial charge in [0.2, 0.25) is 0 Å². The third kappa shape index (κ3) is 3.62. The molecule has 0 amide bonds.